The number of nitrogens with one attached hydrogen (secondary N) is 3. The van der Waals surface area contributed by atoms with Gasteiger partial charge in [-0.05, 0) is 48.4 Å². The van der Waals surface area contributed by atoms with Crippen LogP contribution in [0.2, 0.25) is 0 Å². The van der Waals surface area contributed by atoms with Crippen LogP contribution in [-0.4, -0.2) is 28.9 Å². The van der Waals surface area contributed by atoms with Gasteiger partial charge >= 0.3 is 0 Å². The SMILES string of the molecule is CC(CCc1ccccc1)NC(=O)[C@H](Cc1c[nH]c2ccccc12)NC(=O)c1cccs1. The third-order valence-corrected chi connectivity index (χ3v) is 6.43. The number of carbonyl (C=O) groups is 2. The lowest BCUT2D eigenvalue weighted by Crippen LogP contribution is -2.50. The van der Waals surface area contributed by atoms with Crippen molar-refractivity contribution in [3.8, 4) is 0 Å². The molecule has 0 saturated carbocycles. The lowest BCUT2D eigenvalue weighted by atomic mass is 10.0. The van der Waals surface area contributed by atoms with E-state index in [2.05, 4.69) is 27.8 Å². The number of benzene rings is 2. The molecule has 0 aliphatic rings. The molecule has 2 amide bonds. The summed E-state index contributed by atoms with van der Waals surface area (Å²) in [5, 5.41) is 8.97. The zero-order valence-electron chi connectivity index (χ0n) is 18.0. The van der Waals surface area contributed by atoms with Crippen molar-refractivity contribution >= 4 is 34.1 Å². The van der Waals surface area contributed by atoms with Gasteiger partial charge in [0.15, 0.2) is 0 Å². The Morgan fingerprint density at radius 1 is 0.969 bits per heavy atom. The van der Waals surface area contributed by atoms with Gasteiger partial charge in [-0.15, -0.1) is 11.3 Å². The molecule has 0 aliphatic heterocycles. The van der Waals surface area contributed by atoms with Crippen LogP contribution in [0.4, 0.5) is 0 Å². The van der Waals surface area contributed by atoms with Gasteiger partial charge in [-0.1, -0.05) is 54.6 Å². The summed E-state index contributed by atoms with van der Waals surface area (Å²) in [6.45, 7) is 2.00. The van der Waals surface area contributed by atoms with Crippen LogP contribution in [0.25, 0.3) is 10.9 Å². The lowest BCUT2D eigenvalue weighted by molar-refractivity contribution is -0.123. The molecular formula is C26H27N3O2S. The first kappa shape index (κ1) is 21.8. The van der Waals surface area contributed by atoms with E-state index < -0.39 is 6.04 Å². The Hall–Kier alpha value is -3.38. The molecule has 1 unspecified atom stereocenters. The molecule has 2 aromatic heterocycles. The van der Waals surface area contributed by atoms with Crippen molar-refractivity contribution in [2.75, 3.05) is 0 Å². The van der Waals surface area contributed by atoms with Gasteiger partial charge in [0, 0.05) is 29.6 Å². The molecule has 4 aromatic rings. The number of carbonyl (C=O) groups excluding carboxylic acids is 2. The molecule has 3 N–H and O–H groups in total. The van der Waals surface area contributed by atoms with Crippen molar-refractivity contribution in [3.05, 3.63) is 94.3 Å². The Balaban J connectivity index is 1.46. The quantitative estimate of drug-likeness (QED) is 0.349. The number of fused-ring (bicyclic) bond motifs is 1. The molecule has 0 spiro atoms. The maximum atomic E-state index is 13.2. The molecule has 0 saturated heterocycles. The lowest BCUT2D eigenvalue weighted by Gasteiger charge is -2.21. The van der Waals surface area contributed by atoms with Crippen LogP contribution in [0.15, 0.2) is 78.3 Å². The number of hydrogen-bond donors (Lipinski definition) is 3. The zero-order chi connectivity index (χ0) is 22.3. The average Bonchev–Trinajstić information content (AvgIpc) is 3.49. The smallest absolute Gasteiger partial charge is 0.262 e. The van der Waals surface area contributed by atoms with Crippen LogP contribution < -0.4 is 10.6 Å². The van der Waals surface area contributed by atoms with Gasteiger partial charge in [-0.3, -0.25) is 9.59 Å². The molecule has 2 heterocycles. The fourth-order valence-electron chi connectivity index (χ4n) is 3.81. The van der Waals surface area contributed by atoms with Gasteiger partial charge in [0.05, 0.1) is 4.88 Å². The molecule has 164 valence electrons. The number of H-pyrrole nitrogens is 1. The van der Waals surface area contributed by atoms with Gasteiger partial charge in [0.1, 0.15) is 6.04 Å². The second kappa shape index (κ2) is 10.3. The van der Waals surface area contributed by atoms with Crippen molar-refractivity contribution in [1.82, 2.24) is 15.6 Å². The van der Waals surface area contributed by atoms with E-state index in [1.807, 2.05) is 67.0 Å². The fourth-order valence-corrected chi connectivity index (χ4v) is 4.44. The Morgan fingerprint density at radius 2 is 1.75 bits per heavy atom. The van der Waals surface area contributed by atoms with Crippen LogP contribution in [0.3, 0.4) is 0 Å². The number of thiophene rings is 1. The van der Waals surface area contributed by atoms with Crippen LogP contribution in [0.1, 0.15) is 34.1 Å². The predicted molar refractivity (Wildman–Crippen MR) is 130 cm³/mol. The highest BCUT2D eigenvalue weighted by Crippen LogP contribution is 2.20. The summed E-state index contributed by atoms with van der Waals surface area (Å²) in [5.74, 6) is -0.391. The first-order valence-electron chi connectivity index (χ1n) is 10.8. The number of aromatic nitrogens is 1. The monoisotopic (exact) mass is 445 g/mol. The van der Waals surface area contributed by atoms with Crippen molar-refractivity contribution in [1.29, 1.82) is 0 Å². The molecule has 4 rings (SSSR count). The van der Waals surface area contributed by atoms with Crippen molar-refractivity contribution in [2.24, 2.45) is 0 Å². The number of hydrogen-bond acceptors (Lipinski definition) is 3. The standard InChI is InChI=1S/C26H27N3O2S/c1-18(13-14-19-8-3-2-4-9-19)28-25(30)23(29-26(31)24-12-7-15-32-24)16-20-17-27-22-11-6-5-10-21(20)22/h2-12,15,17-18,23,27H,13-14,16H2,1H3,(H,28,30)(H,29,31)/t18?,23-/m0/s1. The van der Waals surface area contributed by atoms with Crippen LogP contribution in [-0.2, 0) is 17.6 Å². The number of aryl methyl sites for hydroxylation is 1. The first-order chi connectivity index (χ1) is 15.6. The normalized spacial score (nSPS) is 12.9. The topological polar surface area (TPSA) is 74.0 Å². The van der Waals surface area contributed by atoms with Gasteiger partial charge in [0.25, 0.3) is 5.91 Å². The van der Waals surface area contributed by atoms with Crippen LogP contribution in [0, 0.1) is 0 Å². The summed E-state index contributed by atoms with van der Waals surface area (Å²) in [4.78, 5) is 29.8. The molecule has 2 atom stereocenters. The summed E-state index contributed by atoms with van der Waals surface area (Å²) in [7, 11) is 0. The van der Waals surface area contributed by atoms with Gasteiger partial charge in [-0.25, -0.2) is 0 Å². The predicted octanol–water partition coefficient (Wildman–Crippen LogP) is 4.71. The number of rotatable bonds is 9. The Morgan fingerprint density at radius 3 is 2.53 bits per heavy atom. The number of aromatic amines is 1. The molecular weight excluding hydrogens is 418 g/mol. The van der Waals surface area contributed by atoms with Gasteiger partial charge < -0.3 is 15.6 Å². The minimum Gasteiger partial charge on any atom is -0.361 e. The molecule has 5 nitrogen and oxygen atoms in total. The van der Waals surface area contributed by atoms with Crippen molar-refractivity contribution in [3.63, 3.8) is 0 Å². The Labute approximate surface area is 191 Å². The number of para-hydroxylation sites is 1. The fraction of sp³-hybridized carbons (Fsp3) is 0.231. The van der Waals surface area contributed by atoms with Crippen molar-refractivity contribution < 1.29 is 9.59 Å². The highest BCUT2D eigenvalue weighted by Gasteiger charge is 2.24. The summed E-state index contributed by atoms with van der Waals surface area (Å²) >= 11 is 1.36. The maximum absolute atomic E-state index is 13.2. The second-order valence-corrected chi connectivity index (χ2v) is 8.95. The van der Waals surface area contributed by atoms with E-state index in [0.29, 0.717) is 11.3 Å². The largest absolute Gasteiger partial charge is 0.361 e. The van der Waals surface area contributed by atoms with E-state index in [4.69, 9.17) is 0 Å². The number of amides is 2. The molecule has 0 fully saturated rings. The van der Waals surface area contributed by atoms with E-state index in [-0.39, 0.29) is 17.9 Å². The van der Waals surface area contributed by atoms with Gasteiger partial charge in [-0.2, -0.15) is 0 Å². The molecule has 6 heteroatoms. The van der Waals surface area contributed by atoms with E-state index in [0.717, 1.165) is 29.3 Å². The first-order valence-corrected chi connectivity index (χ1v) is 11.7. The molecule has 0 bridgehead atoms. The summed E-state index contributed by atoms with van der Waals surface area (Å²) < 4.78 is 0. The molecule has 0 radical (unpaired) electrons. The van der Waals surface area contributed by atoms with E-state index in [1.54, 1.807) is 6.07 Å². The minimum atomic E-state index is -0.664. The molecule has 0 aliphatic carbocycles. The average molecular weight is 446 g/mol. The van der Waals surface area contributed by atoms with Crippen LogP contribution >= 0.6 is 11.3 Å². The van der Waals surface area contributed by atoms with Gasteiger partial charge in [0.2, 0.25) is 5.91 Å². The van der Waals surface area contributed by atoms with E-state index >= 15 is 0 Å². The zero-order valence-corrected chi connectivity index (χ0v) is 18.8. The maximum Gasteiger partial charge on any atom is 0.262 e. The van der Waals surface area contributed by atoms with Crippen LogP contribution in [0.5, 0.6) is 0 Å². The molecule has 32 heavy (non-hydrogen) atoms. The Bertz CT molecular complexity index is 1170. The highest BCUT2D eigenvalue weighted by molar-refractivity contribution is 7.12. The highest BCUT2D eigenvalue weighted by atomic mass is 32.1. The third kappa shape index (κ3) is 5.45. The van der Waals surface area contributed by atoms with E-state index in [9.17, 15) is 9.59 Å². The summed E-state index contributed by atoms with van der Waals surface area (Å²) in [6.07, 6.45) is 4.05. The molecule has 2 aromatic carbocycles. The van der Waals surface area contributed by atoms with E-state index in [1.165, 1.54) is 16.9 Å². The second-order valence-electron chi connectivity index (χ2n) is 8.00. The van der Waals surface area contributed by atoms with Crippen molar-refractivity contribution in [2.45, 2.75) is 38.3 Å². The summed E-state index contributed by atoms with van der Waals surface area (Å²) in [6, 6.07) is 21.1. The summed E-state index contributed by atoms with van der Waals surface area (Å²) in [5.41, 5.74) is 3.27. The third-order valence-electron chi connectivity index (χ3n) is 5.56. The minimum absolute atomic E-state index is 0.00758. The Kier molecular flexibility index (Phi) is 7.02.